The molecule has 0 saturated heterocycles. The van der Waals surface area contributed by atoms with E-state index in [2.05, 4.69) is 0 Å². The van der Waals surface area contributed by atoms with Gasteiger partial charge in [0.1, 0.15) is 4.99 Å². The number of thiocarbonyl (C=S) groups is 1. The molecule has 0 amide bonds. The van der Waals surface area contributed by atoms with Gasteiger partial charge in [-0.3, -0.25) is 9.59 Å². The van der Waals surface area contributed by atoms with E-state index in [4.69, 9.17) is 16.7 Å². The molecular formula is C20H32NO3PS. The summed E-state index contributed by atoms with van der Waals surface area (Å²) in [6, 6.07) is 7.20. The Balaban J connectivity index is 0.00000301. The van der Waals surface area contributed by atoms with Crippen molar-refractivity contribution in [3.8, 4) is 0 Å². The highest BCUT2D eigenvalue weighted by Crippen LogP contribution is 2.43. The predicted octanol–water partition coefficient (Wildman–Crippen LogP) is 4.95. The molecule has 0 aromatic heterocycles. The van der Waals surface area contributed by atoms with E-state index >= 15 is 0 Å². The zero-order valence-electron chi connectivity index (χ0n) is 17.4. The van der Waals surface area contributed by atoms with Gasteiger partial charge in [0, 0.05) is 30.6 Å². The molecule has 4 nitrogen and oxygen atoms in total. The van der Waals surface area contributed by atoms with Crippen LogP contribution in [-0.4, -0.2) is 42.4 Å². The van der Waals surface area contributed by atoms with E-state index < -0.39 is 10.8 Å². The standard InChI is InChI=1S/C18H26NO3PS.C2H6/c1-17(2,18(3,4)16(21)22-23-7)14(20)12-8-10-13(11-9-12)15(24)19(5)6;1-2/h8-11,23H,1-7H3;1-2H3. The maximum absolute atomic E-state index is 13.0. The third-order valence-corrected chi connectivity index (χ3v) is 5.63. The molecule has 0 aliphatic rings. The largest absolute Gasteiger partial charge is 0.448 e. The third-order valence-electron chi connectivity index (χ3n) is 4.64. The Morgan fingerprint density at radius 2 is 1.38 bits per heavy atom. The van der Waals surface area contributed by atoms with Crippen LogP contribution in [0.15, 0.2) is 24.3 Å². The average molecular weight is 398 g/mol. The highest BCUT2D eigenvalue weighted by molar-refractivity contribution is 7.80. The first-order chi connectivity index (χ1) is 12.0. The Hall–Kier alpha value is -1.32. The van der Waals surface area contributed by atoms with Crippen molar-refractivity contribution in [1.82, 2.24) is 4.90 Å². The van der Waals surface area contributed by atoms with Crippen molar-refractivity contribution in [2.75, 3.05) is 20.8 Å². The highest BCUT2D eigenvalue weighted by atomic mass is 32.1. The molecule has 1 atom stereocenters. The summed E-state index contributed by atoms with van der Waals surface area (Å²) >= 11 is 5.33. The van der Waals surface area contributed by atoms with E-state index in [1.807, 2.05) is 45.0 Å². The van der Waals surface area contributed by atoms with Crippen LogP contribution < -0.4 is 0 Å². The quantitative estimate of drug-likeness (QED) is 0.386. The number of Topliss-reactive ketones (excluding diaryl/α,β-unsaturated/α-hetero) is 1. The van der Waals surface area contributed by atoms with Crippen molar-refractivity contribution in [2.45, 2.75) is 41.5 Å². The average Bonchev–Trinajstić information content (AvgIpc) is 2.62. The Morgan fingerprint density at radius 3 is 1.77 bits per heavy atom. The van der Waals surface area contributed by atoms with Gasteiger partial charge in [-0.25, -0.2) is 0 Å². The molecule has 1 unspecified atom stereocenters. The number of hydrogen-bond acceptors (Lipinski definition) is 4. The Kier molecular flexibility index (Phi) is 9.61. The van der Waals surface area contributed by atoms with Crippen LogP contribution in [0.4, 0.5) is 0 Å². The fourth-order valence-electron chi connectivity index (χ4n) is 2.14. The van der Waals surface area contributed by atoms with Gasteiger partial charge in [0.15, 0.2) is 5.78 Å². The van der Waals surface area contributed by atoms with Crippen LogP contribution >= 0.6 is 21.0 Å². The summed E-state index contributed by atoms with van der Waals surface area (Å²) in [6.07, 6.45) is 0. The SMILES string of the molecule is CC.CPOC(=O)C(C)(C)C(C)(C)C(=O)c1ccc(C(=S)N(C)C)cc1. The van der Waals surface area contributed by atoms with Crippen molar-refractivity contribution in [3.63, 3.8) is 0 Å². The first-order valence-corrected chi connectivity index (χ1v) is 10.5. The van der Waals surface area contributed by atoms with Gasteiger partial charge in [-0.1, -0.05) is 64.2 Å². The van der Waals surface area contributed by atoms with Gasteiger partial charge in [-0.2, -0.15) is 0 Å². The number of hydrogen-bond donors (Lipinski definition) is 0. The van der Waals surface area contributed by atoms with E-state index in [1.54, 1.807) is 46.5 Å². The maximum Gasteiger partial charge on any atom is 0.314 e. The number of rotatable bonds is 6. The summed E-state index contributed by atoms with van der Waals surface area (Å²) in [7, 11) is 3.83. The number of carbonyl (C=O) groups is 2. The minimum atomic E-state index is -0.926. The van der Waals surface area contributed by atoms with E-state index in [0.29, 0.717) is 10.6 Å². The number of nitrogens with zero attached hydrogens (tertiary/aromatic N) is 1. The van der Waals surface area contributed by atoms with Crippen molar-refractivity contribution in [1.29, 1.82) is 0 Å². The summed E-state index contributed by atoms with van der Waals surface area (Å²) in [4.78, 5) is 27.8. The van der Waals surface area contributed by atoms with Gasteiger partial charge >= 0.3 is 5.97 Å². The second kappa shape index (κ2) is 10.1. The van der Waals surface area contributed by atoms with Crippen molar-refractivity contribution < 1.29 is 14.1 Å². The number of ketones is 1. The van der Waals surface area contributed by atoms with Crippen LogP contribution in [0, 0.1) is 10.8 Å². The zero-order chi connectivity index (χ0) is 20.7. The van der Waals surface area contributed by atoms with E-state index in [-0.39, 0.29) is 20.6 Å². The number of carbonyl (C=O) groups excluding carboxylic acids is 2. The molecule has 0 radical (unpaired) electrons. The molecule has 1 rings (SSSR count). The van der Waals surface area contributed by atoms with Crippen LogP contribution in [0.3, 0.4) is 0 Å². The number of benzene rings is 1. The smallest absolute Gasteiger partial charge is 0.314 e. The molecule has 0 aliphatic carbocycles. The van der Waals surface area contributed by atoms with Crippen LogP contribution in [0.1, 0.15) is 57.5 Å². The second-order valence-electron chi connectivity index (χ2n) is 6.95. The highest BCUT2D eigenvalue weighted by Gasteiger charge is 2.49. The lowest BCUT2D eigenvalue weighted by Gasteiger charge is -2.38. The lowest BCUT2D eigenvalue weighted by molar-refractivity contribution is -0.147. The zero-order valence-corrected chi connectivity index (χ0v) is 19.2. The Morgan fingerprint density at radius 1 is 0.962 bits per heavy atom. The molecular weight excluding hydrogens is 365 g/mol. The fraction of sp³-hybridized carbons (Fsp3) is 0.550. The van der Waals surface area contributed by atoms with Gasteiger partial charge < -0.3 is 9.42 Å². The van der Waals surface area contributed by atoms with Crippen LogP contribution in [0.2, 0.25) is 0 Å². The van der Waals surface area contributed by atoms with Crippen molar-refractivity contribution >= 4 is 37.8 Å². The Bertz CT molecular complexity index is 637. The van der Waals surface area contributed by atoms with E-state index in [1.165, 1.54) is 0 Å². The molecule has 0 spiro atoms. The van der Waals surface area contributed by atoms with Crippen molar-refractivity contribution in [3.05, 3.63) is 35.4 Å². The monoisotopic (exact) mass is 397 g/mol. The second-order valence-corrected chi connectivity index (χ2v) is 7.95. The fourth-order valence-corrected chi connectivity index (χ4v) is 2.72. The molecule has 1 aromatic carbocycles. The molecule has 0 fully saturated rings. The van der Waals surface area contributed by atoms with Gasteiger partial charge in [0.05, 0.1) is 14.2 Å². The van der Waals surface area contributed by atoms with E-state index in [9.17, 15) is 9.59 Å². The molecule has 0 heterocycles. The summed E-state index contributed by atoms with van der Waals surface area (Å²) in [5, 5.41) is 0. The summed E-state index contributed by atoms with van der Waals surface area (Å²) in [6.45, 7) is 12.9. The van der Waals surface area contributed by atoms with Gasteiger partial charge in [-0.15, -0.1) is 0 Å². The van der Waals surface area contributed by atoms with Crippen molar-refractivity contribution in [2.24, 2.45) is 10.8 Å². The lowest BCUT2D eigenvalue weighted by atomic mass is 9.64. The minimum Gasteiger partial charge on any atom is -0.448 e. The van der Waals surface area contributed by atoms with Crippen LogP contribution in [0.25, 0.3) is 0 Å². The normalized spacial score (nSPS) is 11.6. The van der Waals surface area contributed by atoms with Crippen LogP contribution in [0.5, 0.6) is 0 Å². The first kappa shape index (κ1) is 24.7. The summed E-state index contributed by atoms with van der Waals surface area (Å²) < 4.78 is 5.17. The lowest BCUT2D eigenvalue weighted by Crippen LogP contribution is -2.45. The minimum absolute atomic E-state index is 0.0637. The summed E-state index contributed by atoms with van der Waals surface area (Å²) in [5.41, 5.74) is -0.377. The topological polar surface area (TPSA) is 46.6 Å². The van der Waals surface area contributed by atoms with Gasteiger partial charge in [0.25, 0.3) is 0 Å². The molecule has 0 N–H and O–H groups in total. The molecule has 0 aliphatic heterocycles. The van der Waals surface area contributed by atoms with E-state index in [0.717, 1.165) is 5.56 Å². The molecule has 146 valence electrons. The Labute approximate surface area is 165 Å². The molecule has 0 saturated carbocycles. The molecule has 1 aromatic rings. The molecule has 26 heavy (non-hydrogen) atoms. The third kappa shape index (κ3) is 5.34. The first-order valence-electron chi connectivity index (χ1n) is 8.71. The summed E-state index contributed by atoms with van der Waals surface area (Å²) in [5.74, 6) is -0.446. The maximum atomic E-state index is 13.0. The van der Waals surface area contributed by atoms with Gasteiger partial charge in [0.2, 0.25) is 0 Å². The van der Waals surface area contributed by atoms with Crippen LogP contribution in [-0.2, 0) is 9.32 Å². The molecule has 6 heteroatoms. The predicted molar refractivity (Wildman–Crippen MR) is 115 cm³/mol. The van der Waals surface area contributed by atoms with Gasteiger partial charge in [-0.05, 0) is 20.5 Å². The molecule has 0 bridgehead atoms.